The van der Waals surface area contributed by atoms with E-state index in [1.807, 2.05) is 158 Å². The number of fused-ring (bicyclic) bond motifs is 9. The molecule has 0 atom stereocenters. The zero-order valence-electron chi connectivity index (χ0n) is 80.4. The predicted octanol–water partition coefficient (Wildman–Crippen LogP) is 34.3. The third-order valence-corrected chi connectivity index (χ3v) is 28.0. The Bertz CT molecular complexity index is 8800. The number of hydrogen-bond donors (Lipinski definition) is 0. The average molecular weight is 1880 g/mol. The summed E-state index contributed by atoms with van der Waals surface area (Å²) in [6.45, 7) is 0. The van der Waals surface area contributed by atoms with E-state index in [1.54, 1.807) is 0 Å². The highest BCUT2D eigenvalue weighted by Gasteiger charge is 2.27. The first-order valence-electron chi connectivity index (χ1n) is 50.0. The summed E-state index contributed by atoms with van der Waals surface area (Å²) in [6, 6.07) is 186. The summed E-state index contributed by atoms with van der Waals surface area (Å²) in [5.74, 6) is 5.84. The fraction of sp³-hybridized carbons (Fsp3) is 0.0217. The molecule has 0 amide bonds. The van der Waals surface area contributed by atoms with Gasteiger partial charge in [-0.1, -0.05) is 467 Å². The molecule has 24 aromatic rings. The maximum Gasteiger partial charge on any atom is 0.164 e. The van der Waals surface area contributed by atoms with Gasteiger partial charge in [0.15, 0.2) is 52.4 Å². The molecule has 0 spiro atoms. The van der Waals surface area contributed by atoms with Crippen LogP contribution in [0.3, 0.4) is 0 Å². The van der Waals surface area contributed by atoms with Gasteiger partial charge in [0.1, 0.15) is 0 Å². The second kappa shape index (κ2) is 40.0. The van der Waals surface area contributed by atoms with Crippen LogP contribution in [0, 0.1) is 0 Å². The Kier molecular flexibility index (Phi) is 24.2. The van der Waals surface area contributed by atoms with Crippen LogP contribution in [0.15, 0.2) is 528 Å². The van der Waals surface area contributed by atoms with E-state index >= 15 is 0 Å². The van der Waals surface area contributed by atoms with E-state index in [2.05, 4.69) is 370 Å². The zero-order valence-corrected chi connectivity index (χ0v) is 80.4. The standard InChI is InChI=1S/3C46H31N3/c1-4-13-31(14-5-1)32-23-25-33(26-24-32)38-28-39(42-22-12-20-37-27-36-19-10-11-21-41(36)43(37)42)30-40(29-38)46-48-44(34-15-6-2-7-16-34)47-45(49-46)35-17-8-3-9-18-35;1-4-12-31(13-5-1)32-20-22-33(23-21-32)39-27-40(36-24-25-38-26-37-18-10-11-19-42(37)43(38)30-36)29-41(28-39)46-48-44(34-14-6-2-7-15-34)47-45(49-46)35-16-8-3-9-17-35;1-4-12-31(13-5-1)32-20-22-33(23-21-32)38-28-39(36-24-25-43-40(26-36)27-37-18-10-11-19-42(37)43)30-41(29-38)46-48-44(34-14-6-2-7-15-34)47-45(49-46)35-16-8-3-9-17-35/h1-26,28-30H,27H2;1-25,27-30H,26H2;1-26,28-30H,27H2. The second-order valence-electron chi connectivity index (χ2n) is 37.4. The molecular formula is C138H93N9. The van der Waals surface area contributed by atoms with E-state index in [0.717, 1.165) is 119 Å². The average Bonchev–Trinajstić information content (AvgIpc) is 1.66. The first kappa shape index (κ1) is 89.0. The van der Waals surface area contributed by atoms with Gasteiger partial charge < -0.3 is 0 Å². The molecule has 0 radical (unpaired) electrons. The Morgan fingerprint density at radius 1 is 0.0952 bits per heavy atom. The molecule has 9 heteroatoms. The van der Waals surface area contributed by atoms with Crippen LogP contribution in [0.25, 0.3) is 236 Å². The van der Waals surface area contributed by atoms with Crippen molar-refractivity contribution >= 4 is 0 Å². The van der Waals surface area contributed by atoms with E-state index in [9.17, 15) is 0 Å². The van der Waals surface area contributed by atoms with Gasteiger partial charge in [0.05, 0.1) is 0 Å². The van der Waals surface area contributed by atoms with Crippen LogP contribution in [0.5, 0.6) is 0 Å². The molecule has 3 aliphatic rings. The third-order valence-electron chi connectivity index (χ3n) is 28.0. The molecule has 9 nitrogen and oxygen atoms in total. The molecule has 0 N–H and O–H groups in total. The van der Waals surface area contributed by atoms with Crippen molar-refractivity contribution in [3.05, 3.63) is 561 Å². The van der Waals surface area contributed by atoms with E-state index < -0.39 is 0 Å². The molecule has 0 unspecified atom stereocenters. The quantitative estimate of drug-likeness (QED) is 0.0828. The Labute approximate surface area is 855 Å². The molecule has 0 aliphatic heterocycles. The molecule has 0 fully saturated rings. The van der Waals surface area contributed by atoms with E-state index in [0.29, 0.717) is 52.4 Å². The van der Waals surface area contributed by atoms with Gasteiger partial charge in [0.25, 0.3) is 0 Å². The van der Waals surface area contributed by atoms with Crippen molar-refractivity contribution in [2.75, 3.05) is 0 Å². The third kappa shape index (κ3) is 18.8. The molecule has 3 aliphatic carbocycles. The summed E-state index contributed by atoms with van der Waals surface area (Å²) in [6.07, 6.45) is 2.86. The minimum Gasteiger partial charge on any atom is -0.208 e. The van der Waals surface area contributed by atoms with Crippen molar-refractivity contribution in [1.82, 2.24) is 44.9 Å². The summed E-state index contributed by atoms with van der Waals surface area (Å²) >= 11 is 0. The molecule has 147 heavy (non-hydrogen) atoms. The smallest absolute Gasteiger partial charge is 0.164 e. The molecule has 0 bridgehead atoms. The topological polar surface area (TPSA) is 116 Å². The number of nitrogens with zero attached hydrogens (tertiary/aromatic N) is 9. The van der Waals surface area contributed by atoms with E-state index in [4.69, 9.17) is 44.9 Å². The van der Waals surface area contributed by atoms with Crippen LogP contribution >= 0.6 is 0 Å². The number of benzene rings is 21. The van der Waals surface area contributed by atoms with Crippen molar-refractivity contribution in [2.45, 2.75) is 19.3 Å². The van der Waals surface area contributed by atoms with Gasteiger partial charge >= 0.3 is 0 Å². The van der Waals surface area contributed by atoms with Crippen LogP contribution in [0.2, 0.25) is 0 Å². The van der Waals surface area contributed by atoms with Gasteiger partial charge in [0.2, 0.25) is 0 Å². The Hall–Kier alpha value is -19.4. The number of hydrogen-bond acceptors (Lipinski definition) is 9. The summed E-state index contributed by atoms with van der Waals surface area (Å²) in [5, 5.41) is 0. The lowest BCUT2D eigenvalue weighted by molar-refractivity contribution is 1.07. The Balaban J connectivity index is 0.000000115. The van der Waals surface area contributed by atoms with Crippen molar-refractivity contribution < 1.29 is 0 Å². The van der Waals surface area contributed by atoms with E-state index in [-0.39, 0.29) is 0 Å². The van der Waals surface area contributed by atoms with Crippen molar-refractivity contribution in [1.29, 1.82) is 0 Å². The summed E-state index contributed by atoms with van der Waals surface area (Å²) in [4.78, 5) is 45.4. The highest BCUT2D eigenvalue weighted by molar-refractivity contribution is 5.95. The monoisotopic (exact) mass is 1880 g/mol. The minimum atomic E-state index is 0.642. The van der Waals surface area contributed by atoms with Gasteiger partial charge in [-0.2, -0.15) is 0 Å². The molecule has 3 heterocycles. The maximum absolute atomic E-state index is 5.11. The van der Waals surface area contributed by atoms with Crippen LogP contribution in [-0.4, -0.2) is 44.9 Å². The van der Waals surface area contributed by atoms with E-state index in [1.165, 1.54) is 117 Å². The van der Waals surface area contributed by atoms with Gasteiger partial charge in [-0.15, -0.1) is 0 Å². The van der Waals surface area contributed by atoms with Crippen molar-refractivity contribution in [2.24, 2.45) is 0 Å². The Morgan fingerprint density at radius 3 is 0.639 bits per heavy atom. The first-order valence-corrected chi connectivity index (χ1v) is 50.0. The summed E-state index contributed by atoms with van der Waals surface area (Å²) in [5.41, 5.74) is 45.5. The SMILES string of the molecule is c1ccc(-c2ccc(-c3cc(-c4ccc5c(c4)-c4ccccc4C5)cc(-c4nc(-c5ccccc5)nc(-c5ccccc5)n4)c3)cc2)cc1.c1ccc(-c2ccc(-c3cc(-c4ccc5c(c4)Cc4ccccc4-5)cc(-c4nc(-c5ccccc5)nc(-c5ccccc5)n4)c3)cc2)cc1.c1ccc(-c2ccc(-c3cc(-c4nc(-c5ccccc5)nc(-c5ccccc5)n4)cc(-c4cccc5c4-c4ccccc4C5)c3)cc2)cc1. The molecule has 0 saturated carbocycles. The molecule has 27 rings (SSSR count). The lowest BCUT2D eigenvalue weighted by Crippen LogP contribution is -2.00. The van der Waals surface area contributed by atoms with Crippen molar-refractivity contribution in [3.63, 3.8) is 0 Å². The fourth-order valence-electron chi connectivity index (χ4n) is 20.6. The van der Waals surface area contributed by atoms with Crippen LogP contribution in [0.4, 0.5) is 0 Å². The molecule has 3 aromatic heterocycles. The second-order valence-corrected chi connectivity index (χ2v) is 37.4. The highest BCUT2D eigenvalue weighted by atomic mass is 15.1. The normalized spacial score (nSPS) is 11.6. The zero-order chi connectivity index (χ0) is 97.7. The fourth-order valence-corrected chi connectivity index (χ4v) is 20.6. The van der Waals surface area contributed by atoms with Gasteiger partial charge in [-0.3, -0.25) is 0 Å². The largest absolute Gasteiger partial charge is 0.208 e. The lowest BCUT2D eigenvalue weighted by atomic mass is 9.90. The summed E-state index contributed by atoms with van der Waals surface area (Å²) in [7, 11) is 0. The first-order chi connectivity index (χ1) is 72.8. The van der Waals surface area contributed by atoms with Crippen LogP contribution < -0.4 is 0 Å². The predicted molar refractivity (Wildman–Crippen MR) is 602 cm³/mol. The molecule has 690 valence electrons. The van der Waals surface area contributed by atoms with Crippen molar-refractivity contribution in [3.8, 4) is 236 Å². The van der Waals surface area contributed by atoms with Gasteiger partial charge in [-0.25, -0.2) is 44.9 Å². The molecule has 21 aromatic carbocycles. The molecular weight excluding hydrogens is 1780 g/mol. The Morgan fingerprint density at radius 2 is 0.293 bits per heavy atom. The van der Waals surface area contributed by atoms with Crippen LogP contribution in [0.1, 0.15) is 33.4 Å². The lowest BCUT2D eigenvalue weighted by Gasteiger charge is -2.15. The summed E-state index contributed by atoms with van der Waals surface area (Å²) < 4.78 is 0. The minimum absolute atomic E-state index is 0.642. The highest BCUT2D eigenvalue weighted by Crippen LogP contribution is 2.48. The maximum atomic E-state index is 5.11. The van der Waals surface area contributed by atoms with Gasteiger partial charge in [-0.05, 0) is 247 Å². The molecule has 0 saturated heterocycles. The van der Waals surface area contributed by atoms with Gasteiger partial charge in [0, 0.05) is 50.1 Å². The number of aromatic nitrogens is 9. The van der Waals surface area contributed by atoms with Crippen LogP contribution in [-0.2, 0) is 19.3 Å². The number of rotatable bonds is 18.